The number of benzene rings is 3. The van der Waals surface area contributed by atoms with Gasteiger partial charge in [-0.05, 0) is 55.5 Å². The van der Waals surface area contributed by atoms with Crippen LogP contribution in [0.3, 0.4) is 0 Å². The molecule has 0 saturated carbocycles. The summed E-state index contributed by atoms with van der Waals surface area (Å²) in [7, 11) is 1.50. The zero-order valence-electron chi connectivity index (χ0n) is 18.5. The predicted molar refractivity (Wildman–Crippen MR) is 139 cm³/mol. The van der Waals surface area contributed by atoms with Crippen molar-refractivity contribution in [3.05, 3.63) is 85.8 Å². The second kappa shape index (κ2) is 12.1. The minimum atomic E-state index is -0.956. The van der Waals surface area contributed by atoms with E-state index in [2.05, 4.69) is 15.8 Å². The molecule has 0 spiro atoms. The number of amides is 2. The molecule has 0 unspecified atom stereocenters. The number of hydrogen-bond acceptors (Lipinski definition) is 5. The minimum Gasteiger partial charge on any atom is -0.493 e. The average molecular weight is 555 g/mol. The van der Waals surface area contributed by atoms with Gasteiger partial charge in [-0.2, -0.15) is 5.10 Å². The Morgan fingerprint density at radius 1 is 0.857 bits per heavy atom. The van der Waals surface area contributed by atoms with E-state index in [0.717, 1.165) is 5.56 Å². The molecule has 182 valence electrons. The van der Waals surface area contributed by atoms with E-state index in [0.29, 0.717) is 43.5 Å². The molecule has 0 aliphatic heterocycles. The highest BCUT2D eigenvalue weighted by molar-refractivity contribution is 6.43. The maximum Gasteiger partial charge on any atom is 0.329 e. The van der Waals surface area contributed by atoms with Crippen molar-refractivity contribution in [2.24, 2.45) is 5.10 Å². The van der Waals surface area contributed by atoms with Gasteiger partial charge in [0.15, 0.2) is 11.5 Å². The van der Waals surface area contributed by atoms with Gasteiger partial charge in [-0.1, -0.05) is 52.5 Å². The first kappa shape index (κ1) is 26.6. The lowest BCUT2D eigenvalue weighted by molar-refractivity contribution is -0.136. The summed E-state index contributed by atoms with van der Waals surface area (Å²) in [4.78, 5) is 24.2. The van der Waals surface area contributed by atoms with Crippen LogP contribution in [-0.4, -0.2) is 24.6 Å². The summed E-state index contributed by atoms with van der Waals surface area (Å²) in [5.41, 5.74) is 4.38. The summed E-state index contributed by atoms with van der Waals surface area (Å²) in [5, 5.41) is 8.01. The van der Waals surface area contributed by atoms with Gasteiger partial charge in [0.2, 0.25) is 0 Å². The number of ether oxygens (including phenoxy) is 2. The Kier molecular flexibility index (Phi) is 9.23. The molecule has 7 nitrogen and oxygen atoms in total. The normalized spacial score (nSPS) is 11.1. The Morgan fingerprint density at radius 3 is 2.31 bits per heavy atom. The molecule has 2 amide bonds. The molecule has 0 aromatic heterocycles. The van der Waals surface area contributed by atoms with Crippen LogP contribution in [0.2, 0.25) is 20.1 Å². The Hall–Kier alpha value is -2.97. The van der Waals surface area contributed by atoms with Crippen molar-refractivity contribution in [3.63, 3.8) is 0 Å². The van der Waals surface area contributed by atoms with Gasteiger partial charge in [0.05, 0.1) is 22.9 Å². The number of halogens is 4. The van der Waals surface area contributed by atoms with Crippen molar-refractivity contribution >= 4 is 69.6 Å². The van der Waals surface area contributed by atoms with Crippen molar-refractivity contribution in [2.75, 3.05) is 12.4 Å². The Morgan fingerprint density at radius 2 is 1.63 bits per heavy atom. The van der Waals surface area contributed by atoms with E-state index < -0.39 is 11.8 Å². The third-order valence-corrected chi connectivity index (χ3v) is 6.01. The van der Waals surface area contributed by atoms with E-state index in [-0.39, 0.29) is 11.6 Å². The van der Waals surface area contributed by atoms with Crippen LogP contribution in [0, 0.1) is 0 Å². The van der Waals surface area contributed by atoms with Crippen LogP contribution < -0.4 is 20.2 Å². The molecule has 11 heteroatoms. The van der Waals surface area contributed by atoms with Crippen LogP contribution in [0.4, 0.5) is 5.69 Å². The predicted octanol–water partition coefficient (Wildman–Crippen LogP) is 6.37. The zero-order chi connectivity index (χ0) is 25.5. The van der Waals surface area contributed by atoms with E-state index in [9.17, 15) is 9.59 Å². The van der Waals surface area contributed by atoms with Gasteiger partial charge < -0.3 is 14.8 Å². The smallest absolute Gasteiger partial charge is 0.329 e. The number of hydrazone groups is 1. The lowest BCUT2D eigenvalue weighted by Gasteiger charge is -2.13. The first-order valence-corrected chi connectivity index (χ1v) is 11.5. The van der Waals surface area contributed by atoms with Gasteiger partial charge in [0.1, 0.15) is 6.61 Å². The molecule has 3 rings (SSSR count). The van der Waals surface area contributed by atoms with Gasteiger partial charge in [0.25, 0.3) is 0 Å². The number of nitrogens with one attached hydrogen (secondary N) is 2. The number of nitrogens with zero attached hydrogens (tertiary/aromatic N) is 1. The molecule has 0 bridgehead atoms. The van der Waals surface area contributed by atoms with Crippen molar-refractivity contribution in [1.29, 1.82) is 0 Å². The molecule has 35 heavy (non-hydrogen) atoms. The molecule has 3 aromatic rings. The number of rotatable bonds is 7. The Balaban J connectivity index is 1.64. The van der Waals surface area contributed by atoms with Crippen molar-refractivity contribution in [2.45, 2.75) is 13.5 Å². The summed E-state index contributed by atoms with van der Waals surface area (Å²) in [6.07, 6.45) is 0. The van der Waals surface area contributed by atoms with Gasteiger partial charge in [-0.15, -0.1) is 0 Å². The van der Waals surface area contributed by atoms with Gasteiger partial charge in [0, 0.05) is 26.9 Å². The maximum absolute atomic E-state index is 12.1. The van der Waals surface area contributed by atoms with E-state index in [1.54, 1.807) is 43.3 Å². The molecule has 0 atom stereocenters. The fourth-order valence-corrected chi connectivity index (χ4v) is 3.58. The van der Waals surface area contributed by atoms with E-state index >= 15 is 0 Å². The summed E-state index contributed by atoms with van der Waals surface area (Å²) in [6.45, 7) is 1.88. The van der Waals surface area contributed by atoms with Gasteiger partial charge in [-0.3, -0.25) is 9.59 Å². The van der Waals surface area contributed by atoms with E-state index in [4.69, 9.17) is 55.9 Å². The van der Waals surface area contributed by atoms with Crippen LogP contribution in [0.15, 0.2) is 59.7 Å². The molecule has 0 aliphatic carbocycles. The van der Waals surface area contributed by atoms with Gasteiger partial charge in [-0.25, -0.2) is 5.43 Å². The zero-order valence-corrected chi connectivity index (χ0v) is 21.5. The fourth-order valence-electron chi connectivity index (χ4n) is 2.82. The monoisotopic (exact) mass is 553 g/mol. The second-order valence-electron chi connectivity index (χ2n) is 7.11. The lowest BCUT2D eigenvalue weighted by atomic mass is 10.1. The summed E-state index contributed by atoms with van der Waals surface area (Å²) in [5.74, 6) is -0.935. The fraction of sp³-hybridized carbons (Fsp3) is 0.125. The van der Waals surface area contributed by atoms with Crippen LogP contribution in [0.25, 0.3) is 0 Å². The molecule has 0 heterocycles. The van der Waals surface area contributed by atoms with Crippen LogP contribution in [-0.2, 0) is 16.2 Å². The lowest BCUT2D eigenvalue weighted by Crippen LogP contribution is -2.32. The quantitative estimate of drug-likeness (QED) is 0.202. The number of anilines is 1. The summed E-state index contributed by atoms with van der Waals surface area (Å²) in [6, 6.07) is 14.7. The first-order valence-electron chi connectivity index (χ1n) is 10.0. The highest BCUT2D eigenvalue weighted by Gasteiger charge is 2.15. The van der Waals surface area contributed by atoms with Crippen LogP contribution in [0.1, 0.15) is 18.1 Å². The van der Waals surface area contributed by atoms with Gasteiger partial charge >= 0.3 is 11.8 Å². The van der Waals surface area contributed by atoms with E-state index in [1.807, 2.05) is 0 Å². The summed E-state index contributed by atoms with van der Waals surface area (Å²) >= 11 is 23.9. The molecule has 0 radical (unpaired) electrons. The highest BCUT2D eigenvalue weighted by Crippen LogP contribution is 2.30. The second-order valence-corrected chi connectivity index (χ2v) is 8.77. The minimum absolute atomic E-state index is 0.211. The molecule has 3 aromatic carbocycles. The molecule has 0 aliphatic rings. The van der Waals surface area contributed by atoms with Crippen molar-refractivity contribution < 1.29 is 19.1 Å². The average Bonchev–Trinajstić information content (AvgIpc) is 2.83. The first-order chi connectivity index (χ1) is 16.7. The van der Waals surface area contributed by atoms with Crippen molar-refractivity contribution in [1.82, 2.24) is 5.43 Å². The number of carbonyl (C=O) groups is 2. The molecular weight excluding hydrogens is 536 g/mol. The molecule has 0 fully saturated rings. The maximum atomic E-state index is 12.1. The number of methoxy groups -OCH3 is 1. The highest BCUT2D eigenvalue weighted by atomic mass is 35.5. The summed E-state index contributed by atoms with van der Waals surface area (Å²) < 4.78 is 11.3. The number of hydrogen-bond donors (Lipinski definition) is 2. The van der Waals surface area contributed by atoms with Crippen LogP contribution in [0.5, 0.6) is 11.5 Å². The molecule has 0 saturated heterocycles. The number of carbonyl (C=O) groups excluding carboxylic acids is 2. The third kappa shape index (κ3) is 7.26. The topological polar surface area (TPSA) is 89.0 Å². The van der Waals surface area contributed by atoms with Crippen LogP contribution >= 0.6 is 46.4 Å². The largest absolute Gasteiger partial charge is 0.493 e. The SMILES string of the molecule is COc1cc(/C(C)=N/NC(=O)C(=O)Nc2ccc(Cl)c(Cl)c2)ccc1OCc1ccc(Cl)cc1Cl. The van der Waals surface area contributed by atoms with Crippen molar-refractivity contribution in [3.8, 4) is 11.5 Å². The Labute approximate surface area is 221 Å². The third-order valence-electron chi connectivity index (χ3n) is 4.69. The molecule has 2 N–H and O–H groups in total. The molecular formula is C24H19Cl4N3O4. The Bertz CT molecular complexity index is 1300. The standard InChI is InChI=1S/C24H19Cl4N3O4/c1-13(30-31-24(33)23(32)29-17-6-7-18(26)20(28)11-17)14-4-8-21(22(9-14)34-2)35-12-15-3-5-16(25)10-19(15)27/h3-11H,12H2,1-2H3,(H,29,32)(H,31,33)/b30-13+. The van der Waals surface area contributed by atoms with E-state index in [1.165, 1.54) is 25.3 Å².